The van der Waals surface area contributed by atoms with Gasteiger partial charge in [-0.3, -0.25) is 0 Å². The Bertz CT molecular complexity index is 384. The third-order valence-electron chi connectivity index (χ3n) is 2.56. The molecule has 0 heterocycles. The van der Waals surface area contributed by atoms with Gasteiger partial charge in [0.25, 0.3) is 0 Å². The zero-order valence-electron chi connectivity index (χ0n) is 9.88. The molecule has 1 rings (SSSR count). The van der Waals surface area contributed by atoms with Gasteiger partial charge in [-0.2, -0.15) is 13.2 Å². The third-order valence-corrected chi connectivity index (χ3v) is 3.33. The predicted octanol–water partition coefficient (Wildman–Crippen LogP) is 3.63. The number of ether oxygens (including phenoxy) is 1. The molecule has 102 valence electrons. The number of hydrogen-bond donors (Lipinski definition) is 1. The fraction of sp³-hybridized carbons (Fsp3) is 0.500. The summed E-state index contributed by atoms with van der Waals surface area (Å²) in [6.45, 7) is 1.48. The molecule has 0 radical (unpaired) electrons. The molecule has 0 spiro atoms. The SMILES string of the molecule is CCC(N)C(OCc1ccccc1Br)C(F)(F)F. The Hall–Kier alpha value is -0.590. The van der Waals surface area contributed by atoms with Gasteiger partial charge in [-0.25, -0.2) is 0 Å². The van der Waals surface area contributed by atoms with Crippen LogP contribution in [0.4, 0.5) is 13.2 Å². The molecular weight excluding hydrogens is 311 g/mol. The Balaban J connectivity index is 2.72. The van der Waals surface area contributed by atoms with Crippen LogP contribution >= 0.6 is 15.9 Å². The summed E-state index contributed by atoms with van der Waals surface area (Å²) in [5, 5.41) is 0. The quantitative estimate of drug-likeness (QED) is 0.897. The summed E-state index contributed by atoms with van der Waals surface area (Å²) in [6, 6.07) is 5.93. The topological polar surface area (TPSA) is 35.2 Å². The molecule has 2 N–H and O–H groups in total. The summed E-state index contributed by atoms with van der Waals surface area (Å²) in [5.41, 5.74) is 6.11. The first-order chi connectivity index (χ1) is 8.36. The number of halogens is 4. The van der Waals surface area contributed by atoms with Gasteiger partial charge in [-0.1, -0.05) is 41.1 Å². The van der Waals surface area contributed by atoms with Crippen molar-refractivity contribution >= 4 is 15.9 Å². The monoisotopic (exact) mass is 325 g/mol. The molecule has 0 aliphatic heterocycles. The molecule has 0 aliphatic carbocycles. The molecule has 1 aromatic carbocycles. The lowest BCUT2D eigenvalue weighted by Gasteiger charge is -2.25. The van der Waals surface area contributed by atoms with Gasteiger partial charge in [0, 0.05) is 10.5 Å². The summed E-state index contributed by atoms with van der Waals surface area (Å²) in [5.74, 6) is 0. The van der Waals surface area contributed by atoms with Crippen molar-refractivity contribution in [3.63, 3.8) is 0 Å². The highest BCUT2D eigenvalue weighted by Crippen LogP contribution is 2.27. The molecule has 1 aromatic rings. The second-order valence-corrected chi connectivity index (χ2v) is 4.79. The van der Waals surface area contributed by atoms with Gasteiger partial charge in [0.2, 0.25) is 0 Å². The summed E-state index contributed by atoms with van der Waals surface area (Å²) in [6.07, 6.45) is -6.17. The number of benzene rings is 1. The molecule has 0 bridgehead atoms. The minimum Gasteiger partial charge on any atom is -0.362 e. The Labute approximate surface area is 112 Å². The molecule has 6 heteroatoms. The Morgan fingerprint density at radius 2 is 1.94 bits per heavy atom. The van der Waals surface area contributed by atoms with Crippen LogP contribution in [-0.2, 0) is 11.3 Å². The highest BCUT2D eigenvalue weighted by molar-refractivity contribution is 9.10. The largest absolute Gasteiger partial charge is 0.416 e. The van der Waals surface area contributed by atoms with Crippen LogP contribution in [0, 0.1) is 0 Å². The fourth-order valence-electron chi connectivity index (χ4n) is 1.47. The Morgan fingerprint density at radius 1 is 1.33 bits per heavy atom. The number of alkyl halides is 3. The van der Waals surface area contributed by atoms with Gasteiger partial charge in [0.15, 0.2) is 6.10 Å². The van der Waals surface area contributed by atoms with E-state index in [2.05, 4.69) is 15.9 Å². The molecule has 18 heavy (non-hydrogen) atoms. The van der Waals surface area contributed by atoms with Gasteiger partial charge in [0.05, 0.1) is 6.61 Å². The predicted molar refractivity (Wildman–Crippen MR) is 67.0 cm³/mol. The molecule has 0 saturated heterocycles. The molecule has 0 aromatic heterocycles. The van der Waals surface area contributed by atoms with Crippen molar-refractivity contribution in [1.29, 1.82) is 0 Å². The lowest BCUT2D eigenvalue weighted by atomic mass is 10.1. The smallest absolute Gasteiger partial charge is 0.362 e. The van der Waals surface area contributed by atoms with E-state index in [4.69, 9.17) is 10.5 Å². The maximum absolute atomic E-state index is 12.7. The molecule has 2 atom stereocenters. The minimum absolute atomic E-state index is 0.126. The van der Waals surface area contributed by atoms with Crippen LogP contribution in [0.2, 0.25) is 0 Å². The van der Waals surface area contributed by atoms with E-state index in [9.17, 15) is 13.2 Å². The summed E-state index contributed by atoms with van der Waals surface area (Å²) >= 11 is 3.26. The van der Waals surface area contributed by atoms with Crippen LogP contribution in [0.25, 0.3) is 0 Å². The van der Waals surface area contributed by atoms with Gasteiger partial charge >= 0.3 is 6.18 Å². The van der Waals surface area contributed by atoms with Crippen LogP contribution in [0.1, 0.15) is 18.9 Å². The standard InChI is InChI=1S/C12H15BrF3NO/c1-2-10(17)11(12(14,15)16)18-7-8-5-3-4-6-9(8)13/h3-6,10-11H,2,7,17H2,1H3. The van der Waals surface area contributed by atoms with E-state index >= 15 is 0 Å². The maximum atomic E-state index is 12.7. The van der Waals surface area contributed by atoms with E-state index in [1.165, 1.54) is 0 Å². The van der Waals surface area contributed by atoms with Gasteiger partial charge in [-0.15, -0.1) is 0 Å². The fourth-order valence-corrected chi connectivity index (χ4v) is 1.87. The van der Waals surface area contributed by atoms with Crippen molar-refractivity contribution in [2.45, 2.75) is 38.3 Å². The first-order valence-electron chi connectivity index (χ1n) is 5.53. The first-order valence-corrected chi connectivity index (χ1v) is 6.32. The van der Waals surface area contributed by atoms with E-state index in [0.29, 0.717) is 5.56 Å². The van der Waals surface area contributed by atoms with Crippen molar-refractivity contribution in [2.75, 3.05) is 0 Å². The van der Waals surface area contributed by atoms with E-state index in [0.717, 1.165) is 4.47 Å². The molecular formula is C12H15BrF3NO. The molecule has 2 unspecified atom stereocenters. The van der Waals surface area contributed by atoms with Gasteiger partial charge in [0.1, 0.15) is 0 Å². The normalized spacial score (nSPS) is 15.4. The lowest BCUT2D eigenvalue weighted by Crippen LogP contribution is -2.46. The van der Waals surface area contributed by atoms with Crippen molar-refractivity contribution in [1.82, 2.24) is 0 Å². The summed E-state index contributed by atoms with van der Waals surface area (Å²) < 4.78 is 43.9. The van der Waals surface area contributed by atoms with E-state index in [1.807, 2.05) is 0 Å². The molecule has 0 aliphatic rings. The highest BCUT2D eigenvalue weighted by Gasteiger charge is 2.44. The van der Waals surface area contributed by atoms with Crippen LogP contribution < -0.4 is 5.73 Å². The molecule has 0 fully saturated rings. The number of hydrogen-bond acceptors (Lipinski definition) is 2. The molecule has 0 saturated carbocycles. The summed E-state index contributed by atoms with van der Waals surface area (Å²) in [7, 11) is 0. The Morgan fingerprint density at radius 3 is 2.44 bits per heavy atom. The Kier molecular flexibility index (Phi) is 5.62. The van der Waals surface area contributed by atoms with Crippen molar-refractivity contribution in [3.05, 3.63) is 34.3 Å². The zero-order valence-corrected chi connectivity index (χ0v) is 11.5. The molecule has 2 nitrogen and oxygen atoms in total. The van der Waals surface area contributed by atoms with Gasteiger partial charge in [-0.05, 0) is 18.1 Å². The summed E-state index contributed by atoms with van der Waals surface area (Å²) in [4.78, 5) is 0. The minimum atomic E-state index is -4.45. The average molecular weight is 326 g/mol. The number of rotatable bonds is 5. The first kappa shape index (κ1) is 15.5. The lowest BCUT2D eigenvalue weighted by molar-refractivity contribution is -0.229. The van der Waals surface area contributed by atoms with Gasteiger partial charge < -0.3 is 10.5 Å². The van der Waals surface area contributed by atoms with Crippen molar-refractivity contribution in [3.8, 4) is 0 Å². The van der Waals surface area contributed by atoms with Crippen LogP contribution in [0.15, 0.2) is 28.7 Å². The second kappa shape index (κ2) is 6.54. The van der Waals surface area contributed by atoms with E-state index < -0.39 is 18.3 Å². The highest BCUT2D eigenvalue weighted by atomic mass is 79.9. The van der Waals surface area contributed by atoms with E-state index in [1.54, 1.807) is 31.2 Å². The maximum Gasteiger partial charge on any atom is 0.416 e. The molecule has 0 amide bonds. The average Bonchev–Trinajstić information content (AvgIpc) is 2.29. The third kappa shape index (κ3) is 4.26. The van der Waals surface area contributed by atoms with E-state index in [-0.39, 0.29) is 13.0 Å². The van der Waals surface area contributed by atoms with Crippen LogP contribution in [-0.4, -0.2) is 18.3 Å². The van der Waals surface area contributed by atoms with Crippen LogP contribution in [0.5, 0.6) is 0 Å². The van der Waals surface area contributed by atoms with Crippen LogP contribution in [0.3, 0.4) is 0 Å². The second-order valence-electron chi connectivity index (χ2n) is 3.94. The van der Waals surface area contributed by atoms with Crippen molar-refractivity contribution in [2.24, 2.45) is 5.73 Å². The zero-order chi connectivity index (χ0) is 13.8. The number of nitrogens with two attached hydrogens (primary N) is 1. The van der Waals surface area contributed by atoms with Crippen molar-refractivity contribution < 1.29 is 17.9 Å².